The van der Waals surface area contributed by atoms with Gasteiger partial charge in [0.15, 0.2) is 0 Å². The molecule has 0 aliphatic heterocycles. The number of aromatic nitrogens is 2. The quantitative estimate of drug-likeness (QED) is 0.0883. The van der Waals surface area contributed by atoms with Gasteiger partial charge in [-0.2, -0.15) is 0 Å². The average Bonchev–Trinajstić information content (AvgIpc) is 3.80. The fourth-order valence-electron chi connectivity index (χ4n) is 10.4. The third-order valence-corrected chi connectivity index (χ3v) is 27.7. The standard InChI is InChI=1S/C61H40N2P2Se2/c66-64(46-16-5-1-6-17-46,47-18-7-2-8-19-47)50-30-35-53-45(38-50)26-25-44-37-42(28-32-52(44)53)43-29-33-55-58(39-43)63-59-40-51(65(67,48-20-9-3-10-21-48)49-22-11-4-12-23-49)31-36-57(59)62-61(63)56-34-27-41-15-13-14-24-54(41)60(55)56/h1-40H. The summed E-state index contributed by atoms with van der Waals surface area (Å²) in [5.41, 5.74) is 2.45. The molecular formula is C61H40N2P2Se2. The van der Waals surface area contributed by atoms with E-state index in [1.807, 2.05) is 0 Å². The number of nitrogens with zero attached hydrogens (tertiary/aromatic N) is 2. The Morgan fingerprint density at radius 3 is 1.39 bits per heavy atom. The van der Waals surface area contributed by atoms with E-state index in [4.69, 9.17) is 4.98 Å². The van der Waals surface area contributed by atoms with Gasteiger partial charge in [0.05, 0.1) is 0 Å². The predicted molar refractivity (Wildman–Crippen MR) is 295 cm³/mol. The van der Waals surface area contributed by atoms with Crippen molar-refractivity contribution in [3.8, 4) is 11.1 Å². The van der Waals surface area contributed by atoms with Crippen LogP contribution in [0.3, 0.4) is 0 Å². The monoisotopic (exact) mass is 1020 g/mol. The summed E-state index contributed by atoms with van der Waals surface area (Å²) >= 11 is 7.54. The molecular weight excluding hydrogens is 981 g/mol. The number of rotatable bonds is 7. The van der Waals surface area contributed by atoms with Crippen molar-refractivity contribution in [1.29, 1.82) is 0 Å². The van der Waals surface area contributed by atoms with Crippen LogP contribution in [0.1, 0.15) is 0 Å². The van der Waals surface area contributed by atoms with Crippen LogP contribution >= 0.6 is 11.0 Å². The van der Waals surface area contributed by atoms with Crippen LogP contribution in [0, 0.1) is 0 Å². The van der Waals surface area contributed by atoms with Crippen molar-refractivity contribution in [1.82, 2.24) is 9.38 Å². The Labute approximate surface area is 404 Å². The van der Waals surface area contributed by atoms with Crippen LogP contribution in [0.4, 0.5) is 0 Å². The SMILES string of the molecule is [Se]=P(c1ccccc1)(c1ccccc1)c1ccc2c(ccc3cc(-c4ccc5c6c7ccccc7ccc6c6nc7ccc(P(=[Se])(c8ccccc8)c8ccccc8)cc7n6c5c4)ccc32)c1. The van der Waals surface area contributed by atoms with Crippen LogP contribution in [-0.4, -0.2) is 39.6 Å². The van der Waals surface area contributed by atoms with Gasteiger partial charge in [-0.05, 0) is 0 Å². The molecule has 0 saturated heterocycles. The third-order valence-electron chi connectivity index (χ3n) is 13.7. The second-order valence-electron chi connectivity index (χ2n) is 17.4. The zero-order chi connectivity index (χ0) is 44.7. The first-order chi connectivity index (χ1) is 33.0. The molecule has 0 fully saturated rings. The van der Waals surface area contributed by atoms with Gasteiger partial charge >= 0.3 is 407 Å². The van der Waals surface area contributed by atoms with Crippen LogP contribution in [0.25, 0.3) is 81.8 Å². The predicted octanol–water partition coefficient (Wildman–Crippen LogP) is 12.7. The molecule has 0 bridgehead atoms. The van der Waals surface area contributed by atoms with Gasteiger partial charge < -0.3 is 0 Å². The van der Waals surface area contributed by atoms with Gasteiger partial charge in [-0.15, -0.1) is 0 Å². The summed E-state index contributed by atoms with van der Waals surface area (Å²) in [5.74, 6) is 0. The van der Waals surface area contributed by atoms with Crippen LogP contribution < -0.4 is 31.8 Å². The van der Waals surface area contributed by atoms with Crippen LogP contribution in [0.15, 0.2) is 243 Å². The molecule has 0 saturated carbocycles. The van der Waals surface area contributed by atoms with Crippen LogP contribution in [0.5, 0.6) is 0 Å². The second kappa shape index (κ2) is 16.1. The van der Waals surface area contributed by atoms with Crippen molar-refractivity contribution < 1.29 is 0 Å². The van der Waals surface area contributed by atoms with Gasteiger partial charge in [0.25, 0.3) is 0 Å². The third kappa shape index (κ3) is 6.48. The molecule has 13 aromatic rings. The fraction of sp³-hybridized carbons (Fsp3) is 0. The molecule has 0 amide bonds. The van der Waals surface area contributed by atoms with Gasteiger partial charge in [-0.1, -0.05) is 0 Å². The molecule has 0 unspecified atom stereocenters. The molecule has 0 N–H and O–H groups in total. The van der Waals surface area contributed by atoms with Crippen molar-refractivity contribution >= 4 is 144 Å². The Morgan fingerprint density at radius 1 is 0.313 bits per heavy atom. The van der Waals surface area contributed by atoms with Crippen molar-refractivity contribution in [3.05, 3.63) is 243 Å². The van der Waals surface area contributed by atoms with Crippen LogP contribution in [-0.2, 0) is 0 Å². The first kappa shape index (κ1) is 40.8. The van der Waals surface area contributed by atoms with E-state index in [0.29, 0.717) is 0 Å². The molecule has 2 aromatic heterocycles. The molecule has 0 radical (unpaired) electrons. The number of hydrogen-bond acceptors (Lipinski definition) is 1. The summed E-state index contributed by atoms with van der Waals surface area (Å²) in [6, 6.07) is 89.8. The van der Waals surface area contributed by atoms with E-state index in [2.05, 4.69) is 277 Å². The van der Waals surface area contributed by atoms with E-state index in [-0.39, 0.29) is 0 Å². The van der Waals surface area contributed by atoms with E-state index in [0.717, 1.165) is 27.6 Å². The van der Waals surface area contributed by atoms with Gasteiger partial charge in [0, 0.05) is 0 Å². The van der Waals surface area contributed by atoms with E-state index in [9.17, 15) is 0 Å². The van der Waals surface area contributed by atoms with Crippen molar-refractivity contribution in [2.75, 3.05) is 0 Å². The summed E-state index contributed by atoms with van der Waals surface area (Å²) in [6.45, 7) is 0. The zero-order valence-corrected chi connectivity index (χ0v) is 41.4. The maximum atomic E-state index is 5.46. The summed E-state index contributed by atoms with van der Waals surface area (Å²) in [6.07, 6.45) is 0. The molecule has 13 rings (SSSR count). The molecule has 316 valence electrons. The summed E-state index contributed by atoms with van der Waals surface area (Å²) < 4.78 is 2.43. The zero-order valence-electron chi connectivity index (χ0n) is 36.2. The molecule has 2 nitrogen and oxygen atoms in total. The Kier molecular flexibility index (Phi) is 9.82. The number of pyridine rings is 1. The number of benzene rings is 11. The first-order valence-corrected chi connectivity index (χ1v) is 30.6. The van der Waals surface area contributed by atoms with E-state index in [1.54, 1.807) is 0 Å². The van der Waals surface area contributed by atoms with Gasteiger partial charge in [0.2, 0.25) is 0 Å². The van der Waals surface area contributed by atoms with E-state index >= 15 is 0 Å². The van der Waals surface area contributed by atoms with Gasteiger partial charge in [-0.3, -0.25) is 0 Å². The molecule has 0 aliphatic rings. The fourth-order valence-corrected chi connectivity index (χ4v) is 20.3. The first-order valence-electron chi connectivity index (χ1n) is 22.6. The van der Waals surface area contributed by atoms with E-state index in [1.165, 1.54) is 86.0 Å². The van der Waals surface area contributed by atoms with Gasteiger partial charge in [0.1, 0.15) is 0 Å². The normalized spacial score (nSPS) is 12.3. The molecule has 67 heavy (non-hydrogen) atoms. The van der Waals surface area contributed by atoms with E-state index < -0.39 is 11.0 Å². The molecule has 2 heterocycles. The van der Waals surface area contributed by atoms with Crippen molar-refractivity contribution in [2.45, 2.75) is 0 Å². The van der Waals surface area contributed by atoms with Crippen molar-refractivity contribution in [3.63, 3.8) is 0 Å². The summed E-state index contributed by atoms with van der Waals surface area (Å²) in [5, 5.41) is 19.0. The van der Waals surface area contributed by atoms with Crippen LogP contribution in [0.2, 0.25) is 0 Å². The molecule has 0 atom stereocenters. The summed E-state index contributed by atoms with van der Waals surface area (Å²) in [7, 11) is 0. The number of hydrogen-bond donors (Lipinski definition) is 0. The Balaban J connectivity index is 1.00. The molecule has 11 aromatic carbocycles. The van der Waals surface area contributed by atoms with Crippen molar-refractivity contribution in [2.24, 2.45) is 0 Å². The molecule has 0 spiro atoms. The minimum absolute atomic E-state index is 0.973. The maximum absolute atomic E-state index is 5.46. The number of fused-ring (bicyclic) bond motifs is 13. The topological polar surface area (TPSA) is 17.3 Å². The molecule has 0 aliphatic carbocycles. The molecule has 6 heteroatoms. The van der Waals surface area contributed by atoms with Gasteiger partial charge in [-0.25, -0.2) is 0 Å². The minimum atomic E-state index is -2.13. The Morgan fingerprint density at radius 2 is 0.776 bits per heavy atom. The summed E-state index contributed by atoms with van der Waals surface area (Å²) in [4.78, 5) is 5.46. The Hall–Kier alpha value is -6.43. The number of imidazole rings is 1. The Bertz CT molecular complexity index is 4120. The second-order valence-corrected chi connectivity index (χ2v) is 29.8. The average molecular weight is 1020 g/mol.